The molecule has 1 heterocycles. The lowest BCUT2D eigenvalue weighted by Crippen LogP contribution is -2.10. The van der Waals surface area contributed by atoms with Crippen LogP contribution < -0.4 is 0 Å². The Morgan fingerprint density at radius 2 is 2.18 bits per heavy atom. The van der Waals surface area contributed by atoms with Crippen LogP contribution in [0.5, 0.6) is 0 Å². The molecule has 1 aromatic rings. The Balaban J connectivity index is 1.87. The summed E-state index contributed by atoms with van der Waals surface area (Å²) >= 11 is 0. The van der Waals surface area contributed by atoms with E-state index in [1.54, 1.807) is 0 Å². The Morgan fingerprint density at radius 3 is 2.82 bits per heavy atom. The van der Waals surface area contributed by atoms with Crippen molar-refractivity contribution in [1.29, 1.82) is 0 Å². The molecule has 0 amide bonds. The summed E-state index contributed by atoms with van der Waals surface area (Å²) in [5.74, 6) is 3.76. The van der Waals surface area contributed by atoms with Crippen LogP contribution in [0.4, 0.5) is 0 Å². The molecule has 1 N–H and O–H groups in total. The zero-order valence-electron chi connectivity index (χ0n) is 11.3. The molecule has 0 saturated heterocycles. The van der Waals surface area contributed by atoms with E-state index in [0.717, 1.165) is 11.8 Å². The van der Waals surface area contributed by atoms with Crippen LogP contribution in [-0.2, 0) is 0 Å². The minimum Gasteiger partial charge on any atom is -0.348 e. The molecular formula is C15H26N2. The van der Waals surface area contributed by atoms with Crippen LogP contribution in [0.25, 0.3) is 0 Å². The van der Waals surface area contributed by atoms with Crippen molar-refractivity contribution in [2.75, 3.05) is 0 Å². The van der Waals surface area contributed by atoms with Crippen LogP contribution in [0.2, 0.25) is 0 Å². The van der Waals surface area contributed by atoms with Gasteiger partial charge in [0, 0.05) is 18.3 Å². The second kappa shape index (κ2) is 6.23. The van der Waals surface area contributed by atoms with Gasteiger partial charge in [-0.2, -0.15) is 0 Å². The van der Waals surface area contributed by atoms with Crippen molar-refractivity contribution in [3.63, 3.8) is 0 Å². The summed E-state index contributed by atoms with van der Waals surface area (Å²) in [5, 5.41) is 0. The third-order valence-corrected chi connectivity index (χ3v) is 4.63. The largest absolute Gasteiger partial charge is 0.348 e. The van der Waals surface area contributed by atoms with E-state index in [2.05, 4.69) is 23.8 Å². The molecule has 1 aliphatic carbocycles. The molecule has 1 fully saturated rings. The predicted molar refractivity (Wildman–Crippen MR) is 72.0 cm³/mol. The van der Waals surface area contributed by atoms with Crippen LogP contribution in [0, 0.1) is 11.8 Å². The van der Waals surface area contributed by atoms with Crippen LogP contribution in [0.1, 0.15) is 70.5 Å². The van der Waals surface area contributed by atoms with Crippen molar-refractivity contribution in [3.8, 4) is 0 Å². The van der Waals surface area contributed by atoms with Crippen molar-refractivity contribution in [3.05, 3.63) is 18.2 Å². The number of imidazole rings is 1. The standard InChI is InChI=1S/C15H26N2/c1-3-12(4-2)8-9-13-6-5-7-14(13)15-16-10-11-17-15/h10-14H,3-9H2,1-2H3,(H,16,17)/t13?,14-/m1/s1. The Morgan fingerprint density at radius 1 is 1.35 bits per heavy atom. The van der Waals surface area contributed by atoms with E-state index in [9.17, 15) is 0 Å². The number of nitrogens with one attached hydrogen (secondary N) is 1. The molecule has 0 aliphatic heterocycles. The molecule has 2 nitrogen and oxygen atoms in total. The molecule has 0 bridgehead atoms. The molecule has 0 radical (unpaired) electrons. The van der Waals surface area contributed by atoms with Gasteiger partial charge in [0.05, 0.1) is 0 Å². The second-order valence-electron chi connectivity index (χ2n) is 5.53. The fraction of sp³-hybridized carbons (Fsp3) is 0.800. The summed E-state index contributed by atoms with van der Waals surface area (Å²) in [5.41, 5.74) is 0. The highest BCUT2D eigenvalue weighted by molar-refractivity contribution is 5.02. The zero-order valence-corrected chi connectivity index (χ0v) is 11.3. The number of aromatic amines is 1. The van der Waals surface area contributed by atoms with Gasteiger partial charge < -0.3 is 4.98 Å². The maximum atomic E-state index is 4.46. The lowest BCUT2D eigenvalue weighted by molar-refractivity contribution is 0.356. The minimum atomic E-state index is 0.708. The molecule has 0 spiro atoms. The summed E-state index contributed by atoms with van der Waals surface area (Å²) in [6, 6.07) is 0. The number of rotatable bonds is 6. The molecule has 0 aromatic carbocycles. The zero-order chi connectivity index (χ0) is 12.1. The SMILES string of the molecule is CCC(CC)CCC1CCC[C@H]1c1ncc[nH]1. The number of H-pyrrole nitrogens is 1. The van der Waals surface area contributed by atoms with E-state index in [0.29, 0.717) is 5.92 Å². The Kier molecular flexibility index (Phi) is 4.64. The van der Waals surface area contributed by atoms with Crippen molar-refractivity contribution in [2.45, 2.75) is 64.7 Å². The average molecular weight is 234 g/mol. The average Bonchev–Trinajstić information content (AvgIpc) is 3.00. The van der Waals surface area contributed by atoms with Crippen LogP contribution in [-0.4, -0.2) is 9.97 Å². The molecule has 2 atom stereocenters. The summed E-state index contributed by atoms with van der Waals surface area (Å²) in [7, 11) is 0. The molecule has 2 heteroatoms. The summed E-state index contributed by atoms with van der Waals surface area (Å²) in [6.07, 6.45) is 13.5. The van der Waals surface area contributed by atoms with Gasteiger partial charge in [0.2, 0.25) is 0 Å². The van der Waals surface area contributed by atoms with E-state index in [-0.39, 0.29) is 0 Å². The topological polar surface area (TPSA) is 28.7 Å². The van der Waals surface area contributed by atoms with Gasteiger partial charge >= 0.3 is 0 Å². The third kappa shape index (κ3) is 3.11. The predicted octanol–water partition coefficient (Wildman–Crippen LogP) is 4.51. The van der Waals surface area contributed by atoms with Crippen LogP contribution in [0.15, 0.2) is 12.4 Å². The van der Waals surface area contributed by atoms with E-state index in [4.69, 9.17) is 0 Å². The van der Waals surface area contributed by atoms with Crippen molar-refractivity contribution in [2.24, 2.45) is 11.8 Å². The highest BCUT2D eigenvalue weighted by Crippen LogP contribution is 2.41. The molecule has 2 rings (SSSR count). The van der Waals surface area contributed by atoms with Crippen LogP contribution >= 0.6 is 0 Å². The molecule has 1 unspecified atom stereocenters. The lowest BCUT2D eigenvalue weighted by atomic mass is 9.86. The normalized spacial score (nSPS) is 24.6. The van der Waals surface area contributed by atoms with Crippen LogP contribution in [0.3, 0.4) is 0 Å². The van der Waals surface area contributed by atoms with Gasteiger partial charge in [0.15, 0.2) is 0 Å². The smallest absolute Gasteiger partial charge is 0.109 e. The van der Waals surface area contributed by atoms with Crippen molar-refractivity contribution >= 4 is 0 Å². The number of hydrogen-bond acceptors (Lipinski definition) is 1. The van der Waals surface area contributed by atoms with E-state index in [1.807, 2.05) is 12.4 Å². The van der Waals surface area contributed by atoms with E-state index >= 15 is 0 Å². The second-order valence-corrected chi connectivity index (χ2v) is 5.53. The Labute approximate surface area is 105 Å². The Bertz CT molecular complexity index is 301. The van der Waals surface area contributed by atoms with Crippen molar-refractivity contribution in [1.82, 2.24) is 9.97 Å². The van der Waals surface area contributed by atoms with Gasteiger partial charge in [-0.25, -0.2) is 4.98 Å². The summed E-state index contributed by atoms with van der Waals surface area (Å²) in [4.78, 5) is 7.77. The van der Waals surface area contributed by atoms with Gasteiger partial charge in [0.25, 0.3) is 0 Å². The molecular weight excluding hydrogens is 208 g/mol. The molecule has 96 valence electrons. The summed E-state index contributed by atoms with van der Waals surface area (Å²) in [6.45, 7) is 4.65. The number of hydrogen-bond donors (Lipinski definition) is 1. The number of aromatic nitrogens is 2. The van der Waals surface area contributed by atoms with Gasteiger partial charge in [-0.3, -0.25) is 0 Å². The maximum absolute atomic E-state index is 4.46. The van der Waals surface area contributed by atoms with Gasteiger partial charge in [-0.1, -0.05) is 39.5 Å². The first-order chi connectivity index (χ1) is 8.35. The minimum absolute atomic E-state index is 0.708. The first-order valence-electron chi connectivity index (χ1n) is 7.34. The first kappa shape index (κ1) is 12.7. The maximum Gasteiger partial charge on any atom is 0.109 e. The molecule has 1 saturated carbocycles. The highest BCUT2D eigenvalue weighted by atomic mass is 14.9. The quantitative estimate of drug-likeness (QED) is 0.770. The van der Waals surface area contributed by atoms with Gasteiger partial charge in [-0.05, 0) is 31.1 Å². The number of nitrogens with zero attached hydrogens (tertiary/aromatic N) is 1. The third-order valence-electron chi connectivity index (χ3n) is 4.63. The monoisotopic (exact) mass is 234 g/mol. The fourth-order valence-electron chi connectivity index (χ4n) is 3.37. The van der Waals surface area contributed by atoms with E-state index in [1.165, 1.54) is 50.8 Å². The fourth-order valence-corrected chi connectivity index (χ4v) is 3.37. The molecule has 17 heavy (non-hydrogen) atoms. The molecule has 1 aromatic heterocycles. The van der Waals surface area contributed by atoms with E-state index < -0.39 is 0 Å². The Hall–Kier alpha value is -0.790. The lowest BCUT2D eigenvalue weighted by Gasteiger charge is -2.20. The first-order valence-corrected chi connectivity index (χ1v) is 7.34. The summed E-state index contributed by atoms with van der Waals surface area (Å²) < 4.78 is 0. The molecule has 1 aliphatic rings. The van der Waals surface area contributed by atoms with Crippen molar-refractivity contribution < 1.29 is 0 Å². The van der Waals surface area contributed by atoms with Gasteiger partial charge in [-0.15, -0.1) is 0 Å². The van der Waals surface area contributed by atoms with Gasteiger partial charge in [0.1, 0.15) is 5.82 Å². The highest BCUT2D eigenvalue weighted by Gasteiger charge is 2.30.